The van der Waals surface area contributed by atoms with Crippen LogP contribution in [0.15, 0.2) is 133 Å². The van der Waals surface area contributed by atoms with Gasteiger partial charge in [-0.2, -0.15) is 0 Å². The van der Waals surface area contributed by atoms with Gasteiger partial charge in [-0.25, -0.2) is 0 Å². The van der Waals surface area contributed by atoms with Crippen molar-refractivity contribution in [2.75, 3.05) is 0 Å². The Morgan fingerprint density at radius 1 is 0.200 bits per heavy atom. The first-order chi connectivity index (χ1) is 19.9. The lowest BCUT2D eigenvalue weighted by atomic mass is 9.83. The van der Waals surface area contributed by atoms with Crippen LogP contribution in [0.4, 0.5) is 0 Å². The van der Waals surface area contributed by atoms with Gasteiger partial charge in [-0.3, -0.25) is 0 Å². The molecule has 0 saturated heterocycles. The van der Waals surface area contributed by atoms with E-state index in [0.29, 0.717) is 0 Å². The molecule has 0 heteroatoms. The molecule has 0 fully saturated rings. The topological polar surface area (TPSA) is 0 Å². The molecule has 0 aliphatic carbocycles. The Labute approximate surface area is 230 Å². The summed E-state index contributed by atoms with van der Waals surface area (Å²) in [4.78, 5) is 0. The van der Waals surface area contributed by atoms with Crippen LogP contribution in [0.5, 0.6) is 0 Å². The van der Waals surface area contributed by atoms with Gasteiger partial charge < -0.3 is 0 Å². The van der Waals surface area contributed by atoms with E-state index in [1.165, 1.54) is 97.3 Å². The third-order valence-electron chi connectivity index (χ3n) is 9.35. The summed E-state index contributed by atoms with van der Waals surface area (Å²) < 4.78 is 0. The quantitative estimate of drug-likeness (QED) is 0.155. The van der Waals surface area contributed by atoms with Crippen LogP contribution < -0.4 is 0 Å². The fourth-order valence-electron chi connectivity index (χ4n) is 7.73. The van der Waals surface area contributed by atoms with Crippen molar-refractivity contribution in [1.82, 2.24) is 0 Å². The van der Waals surface area contributed by atoms with Crippen molar-refractivity contribution in [3.8, 4) is 11.1 Å². The molecule has 0 nitrogen and oxygen atoms in total. The van der Waals surface area contributed by atoms with E-state index in [-0.39, 0.29) is 0 Å². The van der Waals surface area contributed by atoms with Crippen molar-refractivity contribution in [3.05, 3.63) is 133 Å². The van der Waals surface area contributed by atoms with Gasteiger partial charge in [0.2, 0.25) is 0 Å². The zero-order chi connectivity index (χ0) is 25.9. The van der Waals surface area contributed by atoms with Crippen molar-refractivity contribution in [2.45, 2.75) is 0 Å². The summed E-state index contributed by atoms with van der Waals surface area (Å²) in [7, 11) is 0. The van der Waals surface area contributed by atoms with E-state index in [1.54, 1.807) is 0 Å². The van der Waals surface area contributed by atoms with Crippen LogP contribution in [-0.4, -0.2) is 0 Å². The zero-order valence-electron chi connectivity index (χ0n) is 21.7. The molecule has 0 aliphatic heterocycles. The van der Waals surface area contributed by atoms with E-state index >= 15 is 0 Å². The molecule has 0 aromatic heterocycles. The largest absolute Gasteiger partial charge is 0.0616 e. The fraction of sp³-hybridized carbons (Fsp3) is 0. The van der Waals surface area contributed by atoms with Crippen LogP contribution >= 0.6 is 0 Å². The summed E-state index contributed by atoms with van der Waals surface area (Å²) in [5.74, 6) is 0. The summed E-state index contributed by atoms with van der Waals surface area (Å²) in [5, 5.41) is 21.5. The van der Waals surface area contributed by atoms with Crippen molar-refractivity contribution in [3.63, 3.8) is 0 Å². The summed E-state index contributed by atoms with van der Waals surface area (Å²) in [6, 6.07) is 49.9. The Bertz CT molecular complexity index is 2530. The SMILES string of the molecule is c1ccc2c(-c3ccc4c5ccc6c7cccc8cccc(c9ccc(c%10cccc3c%104)c5c96)c87)cccc2c1. The molecule has 0 radical (unpaired) electrons. The monoisotopic (exact) mass is 502 g/mol. The van der Waals surface area contributed by atoms with Crippen molar-refractivity contribution >= 4 is 86.2 Å². The van der Waals surface area contributed by atoms with Gasteiger partial charge >= 0.3 is 0 Å². The molecule has 0 aliphatic rings. The maximum atomic E-state index is 2.38. The molecule has 40 heavy (non-hydrogen) atoms. The third-order valence-corrected chi connectivity index (χ3v) is 9.35. The van der Waals surface area contributed by atoms with E-state index < -0.39 is 0 Å². The van der Waals surface area contributed by atoms with Gasteiger partial charge in [0.15, 0.2) is 0 Å². The highest BCUT2D eigenvalue weighted by Gasteiger charge is 2.20. The van der Waals surface area contributed by atoms with Gasteiger partial charge in [-0.05, 0) is 97.3 Å². The molecule has 10 aromatic rings. The van der Waals surface area contributed by atoms with E-state index in [9.17, 15) is 0 Å². The lowest BCUT2D eigenvalue weighted by molar-refractivity contribution is 1.70. The molecule has 0 bridgehead atoms. The number of fused-ring (bicyclic) bond motifs is 5. The maximum Gasteiger partial charge on any atom is -0.00139 e. The highest BCUT2D eigenvalue weighted by molar-refractivity contribution is 6.42. The maximum absolute atomic E-state index is 2.38. The lowest BCUT2D eigenvalue weighted by Crippen LogP contribution is -1.92. The standard InChI is InChI=1S/C40H22/c1-2-11-25-23(7-1)8-3-12-26(25)27-17-18-32-36-22-20-34-30-14-5-10-24-9-4-13-29(37(24)30)33-19-21-35(40(36)39(33)34)31-16-6-15-28(27)38(31)32/h1-22H. The van der Waals surface area contributed by atoms with Gasteiger partial charge in [0, 0.05) is 0 Å². The predicted octanol–water partition coefficient (Wildman–Crippen LogP) is 11.5. The highest BCUT2D eigenvalue weighted by atomic mass is 14.2. The second-order valence-corrected chi connectivity index (χ2v) is 11.2. The Morgan fingerprint density at radius 2 is 0.600 bits per heavy atom. The zero-order valence-corrected chi connectivity index (χ0v) is 21.7. The third kappa shape index (κ3) is 2.43. The minimum atomic E-state index is 1.28. The fourth-order valence-corrected chi connectivity index (χ4v) is 7.73. The molecule has 182 valence electrons. The smallest absolute Gasteiger partial charge is 0.00139 e. The van der Waals surface area contributed by atoms with Crippen LogP contribution in [0, 0.1) is 0 Å². The Balaban J connectivity index is 1.42. The summed E-state index contributed by atoms with van der Waals surface area (Å²) in [6.45, 7) is 0. The summed E-state index contributed by atoms with van der Waals surface area (Å²) in [6.07, 6.45) is 0. The summed E-state index contributed by atoms with van der Waals surface area (Å²) >= 11 is 0. The lowest BCUT2D eigenvalue weighted by Gasteiger charge is -2.20. The number of benzene rings is 10. The van der Waals surface area contributed by atoms with Gasteiger partial charge in [-0.1, -0.05) is 133 Å². The first-order valence-corrected chi connectivity index (χ1v) is 14.0. The van der Waals surface area contributed by atoms with Crippen molar-refractivity contribution < 1.29 is 0 Å². The number of hydrogen-bond donors (Lipinski definition) is 0. The van der Waals surface area contributed by atoms with Gasteiger partial charge in [0.05, 0.1) is 0 Å². The molecule has 0 amide bonds. The molecule has 0 spiro atoms. The second-order valence-electron chi connectivity index (χ2n) is 11.2. The van der Waals surface area contributed by atoms with Gasteiger partial charge in [0.25, 0.3) is 0 Å². The first-order valence-electron chi connectivity index (χ1n) is 14.0. The average molecular weight is 503 g/mol. The van der Waals surface area contributed by atoms with E-state index in [1.807, 2.05) is 0 Å². The predicted molar refractivity (Wildman–Crippen MR) is 174 cm³/mol. The summed E-state index contributed by atoms with van der Waals surface area (Å²) in [5.41, 5.74) is 2.59. The first kappa shape index (κ1) is 20.7. The van der Waals surface area contributed by atoms with Crippen molar-refractivity contribution in [1.29, 1.82) is 0 Å². The van der Waals surface area contributed by atoms with E-state index in [0.717, 1.165) is 0 Å². The minimum absolute atomic E-state index is 1.28. The number of hydrogen-bond acceptors (Lipinski definition) is 0. The second kappa shape index (κ2) is 7.25. The molecule has 0 saturated carbocycles. The molecule has 0 heterocycles. The molecular formula is C40H22. The number of rotatable bonds is 1. The molecule has 10 aromatic carbocycles. The molecule has 0 N–H and O–H groups in total. The van der Waals surface area contributed by atoms with Gasteiger partial charge in [0.1, 0.15) is 0 Å². The Kier molecular flexibility index (Phi) is 3.76. The Morgan fingerprint density at radius 3 is 1.30 bits per heavy atom. The van der Waals surface area contributed by atoms with Crippen LogP contribution in [0.1, 0.15) is 0 Å². The van der Waals surface area contributed by atoms with E-state index in [2.05, 4.69) is 133 Å². The van der Waals surface area contributed by atoms with Crippen LogP contribution in [0.2, 0.25) is 0 Å². The normalized spacial score (nSPS) is 12.5. The van der Waals surface area contributed by atoms with Crippen LogP contribution in [0.3, 0.4) is 0 Å². The molecular weight excluding hydrogens is 480 g/mol. The average Bonchev–Trinajstić information content (AvgIpc) is 3.02. The highest BCUT2D eigenvalue weighted by Crippen LogP contribution is 2.48. The van der Waals surface area contributed by atoms with Gasteiger partial charge in [-0.15, -0.1) is 0 Å². The molecule has 0 unspecified atom stereocenters. The van der Waals surface area contributed by atoms with Crippen LogP contribution in [0.25, 0.3) is 97.3 Å². The van der Waals surface area contributed by atoms with Crippen molar-refractivity contribution in [2.24, 2.45) is 0 Å². The van der Waals surface area contributed by atoms with E-state index in [4.69, 9.17) is 0 Å². The minimum Gasteiger partial charge on any atom is -0.0616 e. The molecule has 10 rings (SSSR count). The Hall–Kier alpha value is -5.20. The van der Waals surface area contributed by atoms with Crippen LogP contribution in [-0.2, 0) is 0 Å². The molecule has 0 atom stereocenters.